The summed E-state index contributed by atoms with van der Waals surface area (Å²) in [4.78, 5) is 4.31. The lowest BCUT2D eigenvalue weighted by molar-refractivity contribution is 0.453. The third-order valence-electron chi connectivity index (χ3n) is 2.73. The van der Waals surface area contributed by atoms with Crippen LogP contribution in [0, 0.1) is 0 Å². The van der Waals surface area contributed by atoms with Gasteiger partial charge < -0.3 is 10.1 Å². The summed E-state index contributed by atoms with van der Waals surface area (Å²) >= 11 is 15.5. The molecule has 6 heteroatoms. The van der Waals surface area contributed by atoms with Crippen molar-refractivity contribution in [1.82, 2.24) is 10.3 Å². The minimum Gasteiger partial charge on any atom is -0.437 e. The lowest BCUT2D eigenvalue weighted by Gasteiger charge is -2.12. The number of hydrogen-bond donors (Lipinski definition) is 1. The molecule has 2 rings (SSSR count). The maximum Gasteiger partial charge on any atom is 0.223 e. The van der Waals surface area contributed by atoms with E-state index < -0.39 is 0 Å². The van der Waals surface area contributed by atoms with Crippen molar-refractivity contribution >= 4 is 39.1 Å². The van der Waals surface area contributed by atoms with E-state index in [4.69, 9.17) is 27.9 Å². The first-order valence-corrected chi connectivity index (χ1v) is 8.13. The van der Waals surface area contributed by atoms with Gasteiger partial charge in [-0.25, -0.2) is 4.98 Å². The standard InChI is InChI=1S/C15H15BrCl2N2O/c1-2-5-19-8-10-6-11(16)9-20-15(10)21-14-7-12(17)3-4-13(14)18/h3-4,6-7,9,19H,2,5,8H2,1H3. The van der Waals surface area contributed by atoms with Crippen LogP contribution in [0.25, 0.3) is 0 Å². The minimum atomic E-state index is 0.496. The SMILES string of the molecule is CCCNCc1cc(Br)cnc1Oc1cc(Cl)ccc1Cl. The van der Waals surface area contributed by atoms with Gasteiger partial charge in [-0.15, -0.1) is 0 Å². The summed E-state index contributed by atoms with van der Waals surface area (Å²) in [5, 5.41) is 4.39. The molecule has 1 N–H and O–H groups in total. The lowest BCUT2D eigenvalue weighted by Crippen LogP contribution is -2.14. The van der Waals surface area contributed by atoms with Crippen LogP contribution in [0.3, 0.4) is 0 Å². The zero-order chi connectivity index (χ0) is 15.2. The number of nitrogens with one attached hydrogen (secondary N) is 1. The molecule has 2 aromatic rings. The van der Waals surface area contributed by atoms with E-state index in [1.807, 2.05) is 6.07 Å². The van der Waals surface area contributed by atoms with Crippen molar-refractivity contribution < 1.29 is 4.74 Å². The Morgan fingerprint density at radius 1 is 1.29 bits per heavy atom. The van der Waals surface area contributed by atoms with Gasteiger partial charge in [-0.05, 0) is 47.1 Å². The van der Waals surface area contributed by atoms with E-state index in [-0.39, 0.29) is 0 Å². The summed E-state index contributed by atoms with van der Waals surface area (Å²) < 4.78 is 6.72. The summed E-state index contributed by atoms with van der Waals surface area (Å²) in [5.74, 6) is 1.02. The number of nitrogens with zero attached hydrogens (tertiary/aromatic N) is 1. The Labute approximate surface area is 142 Å². The lowest BCUT2D eigenvalue weighted by atomic mass is 10.2. The Balaban J connectivity index is 2.24. The fourth-order valence-corrected chi connectivity index (χ4v) is 2.44. The molecule has 0 atom stereocenters. The van der Waals surface area contributed by atoms with Gasteiger partial charge in [-0.1, -0.05) is 30.1 Å². The molecule has 0 spiro atoms. The van der Waals surface area contributed by atoms with Crippen LogP contribution in [0.5, 0.6) is 11.6 Å². The first-order chi connectivity index (χ1) is 10.1. The molecule has 0 amide bonds. The molecule has 0 saturated carbocycles. The molecule has 1 aromatic carbocycles. The first-order valence-electron chi connectivity index (χ1n) is 6.58. The zero-order valence-electron chi connectivity index (χ0n) is 11.5. The second-order valence-corrected chi connectivity index (χ2v) is 6.23. The van der Waals surface area contributed by atoms with Crippen molar-refractivity contribution in [3.8, 4) is 11.6 Å². The van der Waals surface area contributed by atoms with Crippen LogP contribution in [0.4, 0.5) is 0 Å². The number of halogens is 3. The highest BCUT2D eigenvalue weighted by molar-refractivity contribution is 9.10. The molecule has 0 bridgehead atoms. The van der Waals surface area contributed by atoms with Crippen molar-refractivity contribution in [3.63, 3.8) is 0 Å². The Morgan fingerprint density at radius 2 is 2.10 bits per heavy atom. The van der Waals surface area contributed by atoms with Crippen LogP contribution in [0.2, 0.25) is 10.0 Å². The highest BCUT2D eigenvalue weighted by Crippen LogP contribution is 2.33. The van der Waals surface area contributed by atoms with E-state index in [1.54, 1.807) is 24.4 Å². The molecular formula is C15H15BrCl2N2O. The Kier molecular flexibility index (Phi) is 6.30. The Hall–Kier alpha value is -0.810. The number of hydrogen-bond acceptors (Lipinski definition) is 3. The summed E-state index contributed by atoms with van der Waals surface area (Å²) in [6, 6.07) is 7.07. The van der Waals surface area contributed by atoms with Gasteiger partial charge in [0, 0.05) is 33.9 Å². The van der Waals surface area contributed by atoms with Crippen molar-refractivity contribution in [2.24, 2.45) is 0 Å². The maximum absolute atomic E-state index is 6.12. The number of pyridine rings is 1. The monoisotopic (exact) mass is 388 g/mol. The van der Waals surface area contributed by atoms with E-state index in [2.05, 4.69) is 33.2 Å². The number of benzene rings is 1. The highest BCUT2D eigenvalue weighted by atomic mass is 79.9. The van der Waals surface area contributed by atoms with Gasteiger partial charge in [-0.3, -0.25) is 0 Å². The Bertz CT molecular complexity index is 623. The van der Waals surface area contributed by atoms with Gasteiger partial charge in [0.1, 0.15) is 5.75 Å². The van der Waals surface area contributed by atoms with Crippen LogP contribution in [-0.2, 0) is 6.54 Å². The van der Waals surface area contributed by atoms with Crippen molar-refractivity contribution in [1.29, 1.82) is 0 Å². The molecule has 21 heavy (non-hydrogen) atoms. The average Bonchev–Trinajstić information content (AvgIpc) is 2.46. The van der Waals surface area contributed by atoms with Gasteiger partial charge in [-0.2, -0.15) is 0 Å². The van der Waals surface area contributed by atoms with Crippen molar-refractivity contribution in [2.45, 2.75) is 19.9 Å². The molecule has 0 aliphatic heterocycles. The molecule has 112 valence electrons. The van der Waals surface area contributed by atoms with Crippen LogP contribution in [0.1, 0.15) is 18.9 Å². The molecule has 3 nitrogen and oxygen atoms in total. The van der Waals surface area contributed by atoms with Crippen LogP contribution in [-0.4, -0.2) is 11.5 Å². The predicted molar refractivity (Wildman–Crippen MR) is 90.5 cm³/mol. The third kappa shape index (κ3) is 4.85. The smallest absolute Gasteiger partial charge is 0.223 e. The predicted octanol–water partition coefficient (Wildman–Crippen LogP) is 5.44. The maximum atomic E-state index is 6.12. The summed E-state index contributed by atoms with van der Waals surface area (Å²) in [5.41, 5.74) is 0.953. The van der Waals surface area contributed by atoms with Gasteiger partial charge in [0.25, 0.3) is 0 Å². The first kappa shape index (κ1) is 16.6. The van der Waals surface area contributed by atoms with Crippen LogP contribution >= 0.6 is 39.1 Å². The molecule has 0 unspecified atom stereocenters. The van der Waals surface area contributed by atoms with Crippen LogP contribution in [0.15, 0.2) is 34.9 Å². The summed E-state index contributed by atoms with van der Waals surface area (Å²) in [6.07, 6.45) is 2.76. The molecule has 1 heterocycles. The molecule has 0 aliphatic carbocycles. The fourth-order valence-electron chi connectivity index (χ4n) is 1.75. The molecule has 0 saturated heterocycles. The summed E-state index contributed by atoms with van der Waals surface area (Å²) in [6.45, 7) is 3.73. The number of aromatic nitrogens is 1. The second kappa shape index (κ2) is 7.99. The fraction of sp³-hybridized carbons (Fsp3) is 0.267. The Morgan fingerprint density at radius 3 is 2.86 bits per heavy atom. The minimum absolute atomic E-state index is 0.496. The molecule has 0 aliphatic rings. The number of ether oxygens (including phenoxy) is 1. The molecule has 1 aromatic heterocycles. The summed E-state index contributed by atoms with van der Waals surface area (Å²) in [7, 11) is 0. The molecular weight excluding hydrogens is 375 g/mol. The molecule has 0 radical (unpaired) electrons. The van der Waals surface area contributed by atoms with Crippen molar-refractivity contribution in [3.05, 3.63) is 50.5 Å². The van der Waals surface area contributed by atoms with Crippen LogP contribution < -0.4 is 10.1 Å². The van der Waals surface area contributed by atoms with E-state index >= 15 is 0 Å². The zero-order valence-corrected chi connectivity index (χ0v) is 14.6. The van der Waals surface area contributed by atoms with Gasteiger partial charge in [0.2, 0.25) is 5.88 Å². The van der Waals surface area contributed by atoms with E-state index in [0.29, 0.717) is 28.2 Å². The average molecular weight is 390 g/mol. The highest BCUT2D eigenvalue weighted by Gasteiger charge is 2.10. The van der Waals surface area contributed by atoms with Gasteiger partial charge >= 0.3 is 0 Å². The largest absolute Gasteiger partial charge is 0.437 e. The van der Waals surface area contributed by atoms with E-state index in [0.717, 1.165) is 23.0 Å². The normalized spacial score (nSPS) is 10.7. The molecule has 0 fully saturated rings. The topological polar surface area (TPSA) is 34.2 Å². The van der Waals surface area contributed by atoms with Crippen molar-refractivity contribution in [2.75, 3.05) is 6.54 Å². The van der Waals surface area contributed by atoms with Gasteiger partial charge in [0.15, 0.2) is 0 Å². The second-order valence-electron chi connectivity index (χ2n) is 4.47. The van der Waals surface area contributed by atoms with Gasteiger partial charge in [0.05, 0.1) is 5.02 Å². The quantitative estimate of drug-likeness (QED) is 0.667. The van der Waals surface area contributed by atoms with E-state index in [9.17, 15) is 0 Å². The van der Waals surface area contributed by atoms with E-state index in [1.165, 1.54) is 0 Å². The third-order valence-corrected chi connectivity index (χ3v) is 3.72. The number of rotatable bonds is 6.